The number of rotatable bonds is 1. The first kappa shape index (κ1) is 10.8. The fourth-order valence-corrected chi connectivity index (χ4v) is 4.38. The summed E-state index contributed by atoms with van der Waals surface area (Å²) in [6, 6.07) is 0. The maximum atomic E-state index is 12.2. The lowest BCUT2D eigenvalue weighted by atomic mass is 9.87. The third-order valence-electron chi connectivity index (χ3n) is 5.30. The van der Waals surface area contributed by atoms with E-state index in [0.29, 0.717) is 5.92 Å². The first-order valence-electron chi connectivity index (χ1n) is 7.43. The number of fused-ring (bicyclic) bond motifs is 3. The van der Waals surface area contributed by atoms with E-state index in [9.17, 15) is 4.79 Å². The second-order valence-electron chi connectivity index (χ2n) is 6.36. The highest BCUT2D eigenvalue weighted by Crippen LogP contribution is 2.51. The van der Waals surface area contributed by atoms with E-state index in [2.05, 4.69) is 4.98 Å². The predicted octanol–water partition coefficient (Wildman–Crippen LogP) is 2.55. The van der Waals surface area contributed by atoms with Crippen molar-refractivity contribution in [3.05, 3.63) is 27.4 Å². The van der Waals surface area contributed by atoms with Crippen LogP contribution < -0.4 is 5.56 Å². The highest BCUT2D eigenvalue weighted by Gasteiger charge is 2.41. The predicted molar refractivity (Wildman–Crippen MR) is 69.7 cm³/mol. The Morgan fingerprint density at radius 1 is 1.11 bits per heavy atom. The van der Waals surface area contributed by atoms with Gasteiger partial charge in [0, 0.05) is 11.5 Å². The second kappa shape index (κ2) is 3.94. The molecular weight excluding hydrogens is 224 g/mol. The third-order valence-corrected chi connectivity index (χ3v) is 5.30. The van der Waals surface area contributed by atoms with Crippen LogP contribution in [0.4, 0.5) is 0 Å². The van der Waals surface area contributed by atoms with Gasteiger partial charge in [-0.25, -0.2) is 4.98 Å². The fourth-order valence-electron chi connectivity index (χ4n) is 4.38. The smallest absolute Gasteiger partial charge is 0.254 e. The molecule has 3 unspecified atom stereocenters. The Kier molecular flexibility index (Phi) is 2.36. The van der Waals surface area contributed by atoms with Gasteiger partial charge in [-0.1, -0.05) is 6.42 Å². The van der Waals surface area contributed by atoms with Crippen molar-refractivity contribution in [1.29, 1.82) is 0 Å². The summed E-state index contributed by atoms with van der Waals surface area (Å²) in [4.78, 5) is 20.1. The number of hydrogen-bond donors (Lipinski definition) is 1. The first-order chi connectivity index (χ1) is 8.81. The van der Waals surface area contributed by atoms with E-state index in [1.807, 2.05) is 0 Å². The lowest BCUT2D eigenvalue weighted by Gasteiger charge is -2.22. The van der Waals surface area contributed by atoms with E-state index < -0.39 is 0 Å². The highest BCUT2D eigenvalue weighted by molar-refractivity contribution is 5.22. The van der Waals surface area contributed by atoms with E-state index in [1.54, 1.807) is 0 Å². The van der Waals surface area contributed by atoms with E-state index in [0.717, 1.165) is 48.2 Å². The van der Waals surface area contributed by atoms with Crippen LogP contribution in [0.2, 0.25) is 0 Å². The molecule has 0 aliphatic heterocycles. The van der Waals surface area contributed by atoms with Gasteiger partial charge in [0.25, 0.3) is 5.56 Å². The maximum Gasteiger partial charge on any atom is 0.254 e. The molecule has 3 aliphatic rings. The summed E-state index contributed by atoms with van der Waals surface area (Å²) in [7, 11) is 0. The Balaban J connectivity index is 1.73. The van der Waals surface area contributed by atoms with Crippen LogP contribution in [-0.4, -0.2) is 9.97 Å². The lowest BCUT2D eigenvalue weighted by Crippen LogP contribution is -2.25. The molecule has 1 N–H and O–H groups in total. The zero-order chi connectivity index (χ0) is 12.1. The second-order valence-corrected chi connectivity index (χ2v) is 6.36. The van der Waals surface area contributed by atoms with E-state index in [-0.39, 0.29) is 5.56 Å². The number of aryl methyl sites for hydroxylation is 1. The molecule has 1 heterocycles. The minimum atomic E-state index is 0.150. The minimum Gasteiger partial charge on any atom is -0.310 e. The normalized spacial score (nSPS) is 33.7. The van der Waals surface area contributed by atoms with Crippen LogP contribution in [0.5, 0.6) is 0 Å². The summed E-state index contributed by atoms with van der Waals surface area (Å²) in [6.45, 7) is 0. The number of nitrogens with one attached hydrogen (secondary N) is 1. The Labute approximate surface area is 107 Å². The number of H-pyrrole nitrogens is 1. The van der Waals surface area contributed by atoms with E-state index in [1.165, 1.54) is 32.1 Å². The summed E-state index contributed by atoms with van der Waals surface area (Å²) >= 11 is 0. The van der Waals surface area contributed by atoms with Crippen molar-refractivity contribution >= 4 is 0 Å². The molecule has 3 atom stereocenters. The molecule has 2 bridgehead atoms. The molecule has 3 heteroatoms. The average molecular weight is 244 g/mol. The molecule has 2 fully saturated rings. The largest absolute Gasteiger partial charge is 0.310 e. The first-order valence-corrected chi connectivity index (χ1v) is 7.43. The van der Waals surface area contributed by atoms with Crippen molar-refractivity contribution in [2.45, 2.75) is 57.3 Å². The molecule has 0 spiro atoms. The summed E-state index contributed by atoms with van der Waals surface area (Å²) in [5.74, 6) is 3.25. The zero-order valence-corrected chi connectivity index (χ0v) is 10.7. The Morgan fingerprint density at radius 3 is 2.78 bits per heavy atom. The molecule has 2 saturated carbocycles. The van der Waals surface area contributed by atoms with Gasteiger partial charge in [0.1, 0.15) is 5.82 Å². The molecule has 0 saturated heterocycles. The SMILES string of the molecule is O=c1[nH]c(C2CC3CCC2C3)nc2c1CCCC2. The Morgan fingerprint density at radius 2 is 2.00 bits per heavy atom. The van der Waals surface area contributed by atoms with Gasteiger partial charge < -0.3 is 4.98 Å². The molecular formula is C15H20N2O. The van der Waals surface area contributed by atoms with Gasteiger partial charge in [-0.15, -0.1) is 0 Å². The number of aromatic nitrogens is 2. The number of hydrogen-bond acceptors (Lipinski definition) is 2. The standard InChI is InChI=1S/C15H20N2O/c18-15-11-3-1-2-4-13(11)16-14(17-15)12-8-9-5-6-10(12)7-9/h9-10,12H,1-8H2,(H,16,17,18). The van der Waals surface area contributed by atoms with Crippen molar-refractivity contribution in [2.75, 3.05) is 0 Å². The molecule has 4 rings (SSSR count). The molecule has 3 nitrogen and oxygen atoms in total. The minimum absolute atomic E-state index is 0.150. The van der Waals surface area contributed by atoms with Crippen molar-refractivity contribution in [2.24, 2.45) is 11.8 Å². The molecule has 18 heavy (non-hydrogen) atoms. The van der Waals surface area contributed by atoms with Gasteiger partial charge in [0.15, 0.2) is 0 Å². The number of aromatic amines is 1. The van der Waals surface area contributed by atoms with Crippen LogP contribution in [0.1, 0.15) is 61.5 Å². The van der Waals surface area contributed by atoms with Crippen molar-refractivity contribution < 1.29 is 0 Å². The quantitative estimate of drug-likeness (QED) is 0.825. The maximum absolute atomic E-state index is 12.2. The zero-order valence-electron chi connectivity index (χ0n) is 10.7. The van der Waals surface area contributed by atoms with Gasteiger partial charge in [0.05, 0.1) is 5.69 Å². The lowest BCUT2D eigenvalue weighted by molar-refractivity contribution is 0.402. The molecule has 1 aromatic rings. The van der Waals surface area contributed by atoms with E-state index >= 15 is 0 Å². The van der Waals surface area contributed by atoms with Gasteiger partial charge >= 0.3 is 0 Å². The fraction of sp³-hybridized carbons (Fsp3) is 0.733. The Hall–Kier alpha value is -1.12. The summed E-state index contributed by atoms with van der Waals surface area (Å²) in [5.41, 5.74) is 2.22. The van der Waals surface area contributed by atoms with Gasteiger partial charge in [-0.3, -0.25) is 4.79 Å². The third kappa shape index (κ3) is 1.56. The van der Waals surface area contributed by atoms with E-state index in [4.69, 9.17) is 4.98 Å². The van der Waals surface area contributed by atoms with Crippen LogP contribution in [0.25, 0.3) is 0 Å². The van der Waals surface area contributed by atoms with Crippen LogP contribution in [0.15, 0.2) is 4.79 Å². The summed E-state index contributed by atoms with van der Waals surface area (Å²) in [5, 5.41) is 0. The van der Waals surface area contributed by atoms with Gasteiger partial charge in [-0.05, 0) is 56.8 Å². The average Bonchev–Trinajstić information content (AvgIpc) is 3.01. The topological polar surface area (TPSA) is 45.8 Å². The van der Waals surface area contributed by atoms with Crippen LogP contribution in [0, 0.1) is 11.8 Å². The molecule has 3 aliphatic carbocycles. The van der Waals surface area contributed by atoms with Gasteiger partial charge in [-0.2, -0.15) is 0 Å². The van der Waals surface area contributed by atoms with Crippen molar-refractivity contribution in [3.8, 4) is 0 Å². The Bertz CT molecular complexity index is 534. The van der Waals surface area contributed by atoms with Crippen molar-refractivity contribution in [1.82, 2.24) is 9.97 Å². The molecule has 0 aromatic carbocycles. The monoisotopic (exact) mass is 244 g/mol. The summed E-state index contributed by atoms with van der Waals surface area (Å²) in [6.07, 6.45) is 9.64. The van der Waals surface area contributed by atoms with Crippen LogP contribution in [0.3, 0.4) is 0 Å². The van der Waals surface area contributed by atoms with Crippen LogP contribution >= 0.6 is 0 Å². The molecule has 0 amide bonds. The number of nitrogens with zero attached hydrogens (tertiary/aromatic N) is 1. The van der Waals surface area contributed by atoms with Crippen LogP contribution in [-0.2, 0) is 12.8 Å². The van der Waals surface area contributed by atoms with Gasteiger partial charge in [0.2, 0.25) is 0 Å². The highest BCUT2D eigenvalue weighted by atomic mass is 16.1. The molecule has 96 valence electrons. The molecule has 1 aromatic heterocycles. The molecule has 0 radical (unpaired) electrons. The summed E-state index contributed by atoms with van der Waals surface area (Å²) < 4.78 is 0. The van der Waals surface area contributed by atoms with Crippen molar-refractivity contribution in [3.63, 3.8) is 0 Å².